The minimum absolute atomic E-state index is 0.469. The average molecular weight is 384 g/mol. The second kappa shape index (κ2) is 7.75. The first kappa shape index (κ1) is 17.4. The first-order chi connectivity index (χ1) is 14.4. The Morgan fingerprint density at radius 3 is 2.86 bits per heavy atom. The standard InChI is InChI=1S/C21H20N8/c1-2-17(23-11-15-4-5-15)10-18(3-1)29-21-19(13-27-29)20(24-14-25-21)28-26-12-16-6-8-22-9-7-16/h1-3,6-10,13-15,23H,4-5,11-12H2. The minimum atomic E-state index is 0.469. The maximum absolute atomic E-state index is 4.52. The Bertz CT molecular complexity index is 1150. The highest BCUT2D eigenvalue weighted by Gasteiger charge is 2.20. The number of aromatic nitrogens is 5. The number of hydrogen-bond acceptors (Lipinski definition) is 7. The van der Waals surface area contributed by atoms with Crippen molar-refractivity contribution >= 4 is 22.5 Å². The molecule has 1 aliphatic carbocycles. The van der Waals surface area contributed by atoms with Gasteiger partial charge in [0.05, 0.1) is 23.8 Å². The Morgan fingerprint density at radius 1 is 1.10 bits per heavy atom. The third-order valence-electron chi connectivity index (χ3n) is 4.90. The summed E-state index contributed by atoms with van der Waals surface area (Å²) in [5.74, 6) is 1.33. The summed E-state index contributed by atoms with van der Waals surface area (Å²) in [7, 11) is 0. The normalized spacial score (nSPS) is 13.9. The molecule has 0 saturated heterocycles. The fourth-order valence-electron chi connectivity index (χ4n) is 3.10. The van der Waals surface area contributed by atoms with Gasteiger partial charge in [-0.15, -0.1) is 5.11 Å². The molecular formula is C21H20N8. The second-order valence-corrected chi connectivity index (χ2v) is 7.12. The van der Waals surface area contributed by atoms with Crippen molar-refractivity contribution in [3.63, 3.8) is 0 Å². The van der Waals surface area contributed by atoms with Crippen LogP contribution in [0.2, 0.25) is 0 Å². The third kappa shape index (κ3) is 3.96. The molecule has 3 heterocycles. The van der Waals surface area contributed by atoms with Crippen molar-refractivity contribution in [1.29, 1.82) is 0 Å². The molecule has 0 radical (unpaired) electrons. The number of pyridine rings is 1. The van der Waals surface area contributed by atoms with Crippen LogP contribution in [0.3, 0.4) is 0 Å². The van der Waals surface area contributed by atoms with Gasteiger partial charge in [-0.1, -0.05) is 6.07 Å². The SMILES string of the molecule is c1cc(NCC2CC2)cc(-n2ncc3c(N=NCc4ccncc4)ncnc32)c1. The van der Waals surface area contributed by atoms with Crippen molar-refractivity contribution in [2.45, 2.75) is 19.4 Å². The number of benzene rings is 1. The van der Waals surface area contributed by atoms with Gasteiger partial charge < -0.3 is 5.32 Å². The summed E-state index contributed by atoms with van der Waals surface area (Å²) < 4.78 is 1.81. The maximum atomic E-state index is 4.52. The summed E-state index contributed by atoms with van der Waals surface area (Å²) in [6.07, 6.45) is 9.37. The lowest BCUT2D eigenvalue weighted by Crippen LogP contribution is -2.04. The molecule has 144 valence electrons. The smallest absolute Gasteiger partial charge is 0.188 e. The minimum Gasteiger partial charge on any atom is -0.385 e. The largest absolute Gasteiger partial charge is 0.385 e. The van der Waals surface area contributed by atoms with Crippen LogP contribution in [0.25, 0.3) is 16.7 Å². The van der Waals surface area contributed by atoms with Gasteiger partial charge in [-0.25, -0.2) is 14.6 Å². The molecular weight excluding hydrogens is 364 g/mol. The molecule has 8 heteroatoms. The van der Waals surface area contributed by atoms with Gasteiger partial charge in [0.2, 0.25) is 0 Å². The molecule has 29 heavy (non-hydrogen) atoms. The molecule has 1 saturated carbocycles. The van der Waals surface area contributed by atoms with Gasteiger partial charge in [-0.2, -0.15) is 10.2 Å². The van der Waals surface area contributed by atoms with Crippen LogP contribution >= 0.6 is 0 Å². The average Bonchev–Trinajstić information content (AvgIpc) is 3.50. The summed E-state index contributed by atoms with van der Waals surface area (Å²) >= 11 is 0. The van der Waals surface area contributed by atoms with E-state index in [2.05, 4.69) is 47.7 Å². The molecule has 1 aliphatic rings. The molecule has 0 aliphatic heterocycles. The van der Waals surface area contributed by atoms with Gasteiger partial charge in [-0.05, 0) is 54.7 Å². The lowest BCUT2D eigenvalue weighted by Gasteiger charge is -2.08. The summed E-state index contributed by atoms with van der Waals surface area (Å²) in [6.45, 7) is 1.49. The Hall–Kier alpha value is -3.68. The van der Waals surface area contributed by atoms with Crippen LogP contribution < -0.4 is 5.32 Å². The Labute approximate surface area is 167 Å². The fourth-order valence-corrected chi connectivity index (χ4v) is 3.10. The van der Waals surface area contributed by atoms with E-state index in [0.29, 0.717) is 18.0 Å². The summed E-state index contributed by atoms with van der Waals surface area (Å²) in [5, 5.41) is 17.3. The van der Waals surface area contributed by atoms with Gasteiger partial charge >= 0.3 is 0 Å². The van der Waals surface area contributed by atoms with E-state index in [0.717, 1.165) is 34.8 Å². The number of rotatable bonds is 7. The predicted octanol–water partition coefficient (Wildman–Crippen LogP) is 4.32. The molecule has 3 aromatic heterocycles. The highest BCUT2D eigenvalue weighted by atomic mass is 15.3. The number of fused-ring (bicyclic) bond motifs is 1. The van der Waals surface area contributed by atoms with E-state index in [1.807, 2.05) is 24.3 Å². The Balaban J connectivity index is 1.40. The van der Waals surface area contributed by atoms with Crippen LogP contribution in [0.1, 0.15) is 18.4 Å². The van der Waals surface area contributed by atoms with Gasteiger partial charge in [0.15, 0.2) is 11.5 Å². The molecule has 0 amide bonds. The van der Waals surface area contributed by atoms with Crippen molar-refractivity contribution in [1.82, 2.24) is 24.7 Å². The zero-order valence-electron chi connectivity index (χ0n) is 15.8. The van der Waals surface area contributed by atoms with Crippen LogP contribution in [0.5, 0.6) is 0 Å². The number of anilines is 1. The zero-order valence-corrected chi connectivity index (χ0v) is 15.8. The molecule has 1 aromatic carbocycles. The number of azo groups is 1. The summed E-state index contributed by atoms with van der Waals surface area (Å²) in [6, 6.07) is 12.0. The topological polar surface area (TPSA) is 93.2 Å². The molecule has 0 bridgehead atoms. The van der Waals surface area contributed by atoms with E-state index in [1.54, 1.807) is 23.3 Å². The first-order valence-corrected chi connectivity index (χ1v) is 9.66. The fraction of sp³-hybridized carbons (Fsp3) is 0.238. The summed E-state index contributed by atoms with van der Waals surface area (Å²) in [5.41, 5.74) is 3.78. The number of nitrogens with one attached hydrogen (secondary N) is 1. The highest BCUT2D eigenvalue weighted by molar-refractivity contribution is 5.85. The maximum Gasteiger partial charge on any atom is 0.188 e. The van der Waals surface area contributed by atoms with E-state index in [9.17, 15) is 0 Å². The Kier molecular flexibility index (Phi) is 4.65. The molecule has 1 fully saturated rings. The highest BCUT2D eigenvalue weighted by Crippen LogP contribution is 2.29. The number of nitrogens with zero attached hydrogens (tertiary/aromatic N) is 7. The second-order valence-electron chi connectivity index (χ2n) is 7.12. The van der Waals surface area contributed by atoms with E-state index < -0.39 is 0 Å². The molecule has 8 nitrogen and oxygen atoms in total. The molecule has 1 N–H and O–H groups in total. The molecule has 4 aromatic rings. The molecule has 5 rings (SSSR count). The van der Waals surface area contributed by atoms with Gasteiger partial charge in [0, 0.05) is 24.6 Å². The monoisotopic (exact) mass is 384 g/mol. The van der Waals surface area contributed by atoms with Crippen LogP contribution in [0, 0.1) is 5.92 Å². The Morgan fingerprint density at radius 2 is 2.00 bits per heavy atom. The lowest BCUT2D eigenvalue weighted by molar-refractivity contribution is 0.881. The van der Waals surface area contributed by atoms with E-state index in [1.165, 1.54) is 19.2 Å². The van der Waals surface area contributed by atoms with E-state index in [-0.39, 0.29) is 0 Å². The van der Waals surface area contributed by atoms with Crippen LogP contribution in [0.15, 0.2) is 71.5 Å². The predicted molar refractivity (Wildman–Crippen MR) is 110 cm³/mol. The van der Waals surface area contributed by atoms with E-state index in [4.69, 9.17) is 0 Å². The lowest BCUT2D eigenvalue weighted by atomic mass is 10.2. The van der Waals surface area contributed by atoms with Crippen LogP contribution in [-0.2, 0) is 6.54 Å². The third-order valence-corrected chi connectivity index (χ3v) is 4.90. The van der Waals surface area contributed by atoms with Gasteiger partial charge in [-0.3, -0.25) is 4.98 Å². The molecule has 0 atom stereocenters. The van der Waals surface area contributed by atoms with Gasteiger partial charge in [0.1, 0.15) is 6.33 Å². The van der Waals surface area contributed by atoms with E-state index >= 15 is 0 Å². The first-order valence-electron chi connectivity index (χ1n) is 9.66. The van der Waals surface area contributed by atoms with Crippen molar-refractivity contribution in [2.75, 3.05) is 11.9 Å². The van der Waals surface area contributed by atoms with Crippen molar-refractivity contribution < 1.29 is 0 Å². The quantitative estimate of drug-likeness (QED) is 0.479. The molecule has 0 unspecified atom stereocenters. The zero-order chi connectivity index (χ0) is 19.5. The molecule has 0 spiro atoms. The van der Waals surface area contributed by atoms with Crippen molar-refractivity contribution in [3.05, 3.63) is 66.9 Å². The number of hydrogen-bond donors (Lipinski definition) is 1. The van der Waals surface area contributed by atoms with Gasteiger partial charge in [0.25, 0.3) is 0 Å². The van der Waals surface area contributed by atoms with Crippen LogP contribution in [-0.4, -0.2) is 31.3 Å². The van der Waals surface area contributed by atoms with Crippen LogP contribution in [0.4, 0.5) is 11.5 Å². The summed E-state index contributed by atoms with van der Waals surface area (Å²) in [4.78, 5) is 12.7. The van der Waals surface area contributed by atoms with Crippen molar-refractivity contribution in [2.24, 2.45) is 16.1 Å². The van der Waals surface area contributed by atoms with Crippen molar-refractivity contribution in [3.8, 4) is 5.69 Å².